The number of fused-ring (bicyclic) bond motifs is 1. The van der Waals surface area contributed by atoms with E-state index in [-0.39, 0.29) is 6.79 Å². The summed E-state index contributed by atoms with van der Waals surface area (Å²) in [5.41, 5.74) is 1.15. The fourth-order valence-electron chi connectivity index (χ4n) is 2.95. The molecular formula is C16H23NO4. The molecule has 2 aliphatic heterocycles. The molecule has 5 heteroatoms. The summed E-state index contributed by atoms with van der Waals surface area (Å²) >= 11 is 0. The standard InChI is InChI=1S/C16H23NO4/c1-11(13-3-5-19-6-4-13)17-9-12-7-14(18-2)16-15(8-12)20-10-21-16/h7-8,11,13,17H,3-6,9-10H2,1-2H3. The molecular weight excluding hydrogens is 270 g/mol. The van der Waals surface area contributed by atoms with Gasteiger partial charge < -0.3 is 24.3 Å². The Hall–Kier alpha value is -1.46. The Labute approximate surface area is 125 Å². The first kappa shape index (κ1) is 14.5. The molecule has 1 aromatic carbocycles. The van der Waals surface area contributed by atoms with E-state index in [9.17, 15) is 0 Å². The van der Waals surface area contributed by atoms with E-state index in [4.69, 9.17) is 18.9 Å². The van der Waals surface area contributed by atoms with Crippen LogP contribution < -0.4 is 19.5 Å². The molecule has 1 saturated heterocycles. The molecule has 5 nitrogen and oxygen atoms in total. The third kappa shape index (κ3) is 3.24. The molecule has 1 atom stereocenters. The maximum Gasteiger partial charge on any atom is 0.231 e. The maximum absolute atomic E-state index is 5.46. The normalized spacial score (nSPS) is 19.5. The lowest BCUT2D eigenvalue weighted by Crippen LogP contribution is -2.36. The van der Waals surface area contributed by atoms with Gasteiger partial charge in [-0.1, -0.05) is 0 Å². The second-order valence-electron chi connectivity index (χ2n) is 5.65. The summed E-state index contributed by atoms with van der Waals surface area (Å²) < 4.78 is 21.7. The minimum Gasteiger partial charge on any atom is -0.493 e. The zero-order valence-electron chi connectivity index (χ0n) is 12.7. The summed E-state index contributed by atoms with van der Waals surface area (Å²) in [5.74, 6) is 2.90. The molecule has 1 N–H and O–H groups in total. The summed E-state index contributed by atoms with van der Waals surface area (Å²) in [6, 6.07) is 4.51. The molecule has 0 amide bonds. The van der Waals surface area contributed by atoms with Gasteiger partial charge in [0.1, 0.15) is 0 Å². The number of rotatable bonds is 5. The van der Waals surface area contributed by atoms with Gasteiger partial charge in [0, 0.05) is 25.8 Å². The molecule has 2 aliphatic rings. The molecule has 0 aliphatic carbocycles. The quantitative estimate of drug-likeness (QED) is 0.903. The highest BCUT2D eigenvalue weighted by Crippen LogP contribution is 2.41. The average Bonchev–Trinajstić information content (AvgIpc) is 3.01. The Balaban J connectivity index is 1.62. The Morgan fingerprint density at radius 3 is 2.86 bits per heavy atom. The number of methoxy groups -OCH3 is 1. The van der Waals surface area contributed by atoms with Crippen LogP contribution in [-0.2, 0) is 11.3 Å². The number of ether oxygens (including phenoxy) is 4. The average molecular weight is 293 g/mol. The van der Waals surface area contributed by atoms with Crippen LogP contribution >= 0.6 is 0 Å². The topological polar surface area (TPSA) is 49.0 Å². The van der Waals surface area contributed by atoms with Crippen LogP contribution in [-0.4, -0.2) is 33.2 Å². The highest BCUT2D eigenvalue weighted by atomic mass is 16.7. The van der Waals surface area contributed by atoms with Crippen LogP contribution in [0.1, 0.15) is 25.3 Å². The van der Waals surface area contributed by atoms with E-state index >= 15 is 0 Å². The first-order valence-corrected chi connectivity index (χ1v) is 7.55. The van der Waals surface area contributed by atoms with Crippen molar-refractivity contribution < 1.29 is 18.9 Å². The predicted octanol–water partition coefficient (Wildman–Crippen LogP) is 2.33. The van der Waals surface area contributed by atoms with E-state index in [1.165, 1.54) is 0 Å². The lowest BCUT2D eigenvalue weighted by molar-refractivity contribution is 0.0558. The van der Waals surface area contributed by atoms with Crippen molar-refractivity contribution in [3.8, 4) is 17.2 Å². The third-order valence-electron chi connectivity index (χ3n) is 4.32. The van der Waals surface area contributed by atoms with Crippen LogP contribution in [0.3, 0.4) is 0 Å². The largest absolute Gasteiger partial charge is 0.493 e. The second kappa shape index (κ2) is 6.54. The Morgan fingerprint density at radius 1 is 1.29 bits per heavy atom. The number of nitrogens with one attached hydrogen (secondary N) is 1. The lowest BCUT2D eigenvalue weighted by Gasteiger charge is -2.28. The van der Waals surface area contributed by atoms with E-state index in [1.54, 1.807) is 7.11 Å². The van der Waals surface area contributed by atoms with Crippen molar-refractivity contribution in [3.05, 3.63) is 17.7 Å². The SMILES string of the molecule is COc1cc(CNC(C)C2CCOCC2)cc2c1OCO2. The fourth-order valence-corrected chi connectivity index (χ4v) is 2.95. The van der Waals surface area contributed by atoms with Crippen molar-refractivity contribution in [3.63, 3.8) is 0 Å². The van der Waals surface area contributed by atoms with Crippen molar-refractivity contribution >= 4 is 0 Å². The van der Waals surface area contributed by atoms with Crippen molar-refractivity contribution in [2.24, 2.45) is 5.92 Å². The van der Waals surface area contributed by atoms with Crippen LogP contribution in [0.2, 0.25) is 0 Å². The molecule has 2 heterocycles. The molecule has 1 unspecified atom stereocenters. The van der Waals surface area contributed by atoms with Gasteiger partial charge in [0.25, 0.3) is 0 Å². The zero-order chi connectivity index (χ0) is 14.7. The number of benzene rings is 1. The summed E-state index contributed by atoms with van der Waals surface area (Å²) in [6.45, 7) is 5.08. The summed E-state index contributed by atoms with van der Waals surface area (Å²) in [6.07, 6.45) is 2.28. The molecule has 0 aromatic heterocycles. The minimum atomic E-state index is 0.265. The van der Waals surface area contributed by atoms with E-state index in [1.807, 2.05) is 12.1 Å². The number of hydrogen-bond acceptors (Lipinski definition) is 5. The van der Waals surface area contributed by atoms with Gasteiger partial charge in [-0.2, -0.15) is 0 Å². The van der Waals surface area contributed by atoms with Crippen LogP contribution in [0.25, 0.3) is 0 Å². The highest BCUT2D eigenvalue weighted by molar-refractivity contribution is 5.55. The van der Waals surface area contributed by atoms with Gasteiger partial charge >= 0.3 is 0 Å². The molecule has 1 aromatic rings. The summed E-state index contributed by atoms with van der Waals surface area (Å²) in [4.78, 5) is 0. The maximum atomic E-state index is 5.46. The molecule has 0 radical (unpaired) electrons. The van der Waals surface area contributed by atoms with Crippen molar-refractivity contribution in [1.29, 1.82) is 0 Å². The van der Waals surface area contributed by atoms with Crippen LogP contribution in [0.4, 0.5) is 0 Å². The molecule has 0 saturated carbocycles. The first-order valence-electron chi connectivity index (χ1n) is 7.55. The fraction of sp³-hybridized carbons (Fsp3) is 0.625. The van der Waals surface area contributed by atoms with Crippen LogP contribution in [0, 0.1) is 5.92 Å². The van der Waals surface area contributed by atoms with E-state index in [0.29, 0.717) is 17.7 Å². The zero-order valence-corrected chi connectivity index (χ0v) is 12.7. The Morgan fingerprint density at radius 2 is 2.10 bits per heavy atom. The molecule has 3 rings (SSSR count). The molecule has 116 valence electrons. The highest BCUT2D eigenvalue weighted by Gasteiger charge is 2.22. The predicted molar refractivity (Wildman–Crippen MR) is 79.0 cm³/mol. The van der Waals surface area contributed by atoms with Gasteiger partial charge in [0.15, 0.2) is 11.5 Å². The number of hydrogen-bond donors (Lipinski definition) is 1. The summed E-state index contributed by atoms with van der Waals surface area (Å²) in [5, 5.41) is 3.60. The van der Waals surface area contributed by atoms with Crippen molar-refractivity contribution in [1.82, 2.24) is 5.32 Å². The second-order valence-corrected chi connectivity index (χ2v) is 5.65. The van der Waals surface area contributed by atoms with Crippen molar-refractivity contribution in [2.45, 2.75) is 32.4 Å². The summed E-state index contributed by atoms with van der Waals surface area (Å²) in [7, 11) is 1.65. The minimum absolute atomic E-state index is 0.265. The monoisotopic (exact) mass is 293 g/mol. The first-order chi connectivity index (χ1) is 10.3. The van der Waals surface area contributed by atoms with Gasteiger partial charge in [-0.3, -0.25) is 0 Å². The van der Waals surface area contributed by atoms with Crippen molar-refractivity contribution in [2.75, 3.05) is 27.1 Å². The molecule has 0 bridgehead atoms. The van der Waals surface area contributed by atoms with E-state index in [0.717, 1.165) is 49.7 Å². The van der Waals surface area contributed by atoms with Gasteiger partial charge in [0.2, 0.25) is 12.5 Å². The lowest BCUT2D eigenvalue weighted by atomic mass is 9.93. The smallest absolute Gasteiger partial charge is 0.231 e. The Kier molecular flexibility index (Phi) is 4.51. The van der Waals surface area contributed by atoms with Gasteiger partial charge in [-0.15, -0.1) is 0 Å². The van der Waals surface area contributed by atoms with E-state index < -0.39 is 0 Å². The van der Waals surface area contributed by atoms with E-state index in [2.05, 4.69) is 12.2 Å². The van der Waals surface area contributed by atoms with Gasteiger partial charge in [0.05, 0.1) is 7.11 Å². The Bertz CT molecular complexity index is 485. The molecule has 1 fully saturated rings. The van der Waals surface area contributed by atoms with Gasteiger partial charge in [-0.05, 0) is 43.4 Å². The van der Waals surface area contributed by atoms with Crippen LogP contribution in [0.5, 0.6) is 17.2 Å². The third-order valence-corrected chi connectivity index (χ3v) is 4.32. The molecule has 0 spiro atoms. The van der Waals surface area contributed by atoms with Gasteiger partial charge in [-0.25, -0.2) is 0 Å². The van der Waals surface area contributed by atoms with Crippen LogP contribution in [0.15, 0.2) is 12.1 Å². The molecule has 21 heavy (non-hydrogen) atoms.